The van der Waals surface area contributed by atoms with Crippen LogP contribution in [0.15, 0.2) is 140 Å². The second kappa shape index (κ2) is 10.2. The lowest BCUT2D eigenvalue weighted by Crippen LogP contribution is -2.50. The quantitative estimate of drug-likeness (QED) is 0.179. The average molecular weight is 684 g/mol. The zero-order valence-corrected chi connectivity index (χ0v) is 30.4. The minimum Gasteiger partial charge on any atom is -0.310 e. The van der Waals surface area contributed by atoms with Crippen LogP contribution in [0.2, 0.25) is 0 Å². The van der Waals surface area contributed by atoms with E-state index in [0.29, 0.717) is 5.41 Å². The first kappa shape index (κ1) is 29.6. The summed E-state index contributed by atoms with van der Waals surface area (Å²) >= 11 is 0. The molecule has 7 aliphatic carbocycles. The van der Waals surface area contributed by atoms with Gasteiger partial charge >= 0.3 is 0 Å². The molecule has 0 heterocycles. The van der Waals surface area contributed by atoms with Crippen molar-refractivity contribution in [1.82, 2.24) is 0 Å². The van der Waals surface area contributed by atoms with Gasteiger partial charge in [-0.2, -0.15) is 0 Å². The predicted molar refractivity (Wildman–Crippen MR) is 217 cm³/mol. The highest BCUT2D eigenvalue weighted by molar-refractivity contribution is 5.90. The Morgan fingerprint density at radius 3 is 1.91 bits per heavy atom. The van der Waals surface area contributed by atoms with Gasteiger partial charge in [-0.3, -0.25) is 0 Å². The number of fused-ring (bicyclic) bond motifs is 14. The van der Waals surface area contributed by atoms with Crippen LogP contribution in [-0.4, -0.2) is 0 Å². The van der Waals surface area contributed by atoms with Crippen LogP contribution < -0.4 is 4.90 Å². The summed E-state index contributed by atoms with van der Waals surface area (Å²) in [7, 11) is 0. The molecule has 6 atom stereocenters. The fourth-order valence-electron chi connectivity index (χ4n) is 14.6. The van der Waals surface area contributed by atoms with Crippen LogP contribution in [0.4, 0.5) is 17.1 Å². The van der Waals surface area contributed by atoms with Gasteiger partial charge in [0.25, 0.3) is 0 Å². The molecular formula is C52H45N. The van der Waals surface area contributed by atoms with Crippen molar-refractivity contribution in [1.29, 1.82) is 0 Å². The normalized spacial score (nSPS) is 29.5. The Morgan fingerprint density at radius 1 is 0.453 bits per heavy atom. The van der Waals surface area contributed by atoms with Crippen molar-refractivity contribution < 1.29 is 0 Å². The first-order valence-corrected chi connectivity index (χ1v) is 20.6. The van der Waals surface area contributed by atoms with E-state index in [4.69, 9.17) is 0 Å². The van der Waals surface area contributed by atoms with E-state index in [2.05, 4.69) is 144 Å². The molecule has 53 heavy (non-hydrogen) atoms. The molecule has 3 spiro atoms. The van der Waals surface area contributed by atoms with Crippen molar-refractivity contribution in [3.8, 4) is 33.4 Å². The number of nitrogens with zero attached hydrogens (tertiary/aromatic N) is 1. The maximum atomic E-state index is 2.61. The first-order valence-electron chi connectivity index (χ1n) is 20.6. The molecule has 13 rings (SSSR count). The van der Waals surface area contributed by atoms with Crippen molar-refractivity contribution in [2.24, 2.45) is 29.1 Å². The minimum atomic E-state index is 0.133. The molecular weight excluding hydrogens is 639 g/mol. The third-order valence-electron chi connectivity index (χ3n) is 16.3. The molecule has 0 N–H and O–H groups in total. The molecule has 5 saturated carbocycles. The highest BCUT2D eigenvalue weighted by atomic mass is 15.1. The second-order valence-corrected chi connectivity index (χ2v) is 18.1. The molecule has 0 saturated heterocycles. The highest BCUT2D eigenvalue weighted by Crippen LogP contribution is 2.83. The Balaban J connectivity index is 0.997. The van der Waals surface area contributed by atoms with E-state index < -0.39 is 0 Å². The van der Waals surface area contributed by atoms with Gasteiger partial charge in [-0.1, -0.05) is 116 Å². The Bertz CT molecular complexity index is 2490. The van der Waals surface area contributed by atoms with Gasteiger partial charge in [-0.15, -0.1) is 0 Å². The third kappa shape index (κ3) is 3.56. The molecule has 0 amide bonds. The average Bonchev–Trinajstić information content (AvgIpc) is 3.96. The Labute approximate surface area is 313 Å². The maximum Gasteiger partial charge on any atom is 0.0468 e. The van der Waals surface area contributed by atoms with Crippen molar-refractivity contribution in [2.75, 3.05) is 4.90 Å². The number of hydrogen-bond acceptors (Lipinski definition) is 1. The number of anilines is 3. The molecule has 7 aliphatic rings. The molecule has 3 bridgehead atoms. The number of benzene rings is 6. The summed E-state index contributed by atoms with van der Waals surface area (Å²) in [5.74, 6) is 3.55. The zero-order valence-electron chi connectivity index (χ0n) is 30.4. The highest BCUT2D eigenvalue weighted by Gasteiger charge is 2.76. The van der Waals surface area contributed by atoms with Crippen LogP contribution in [0.3, 0.4) is 0 Å². The predicted octanol–water partition coefficient (Wildman–Crippen LogP) is 13.4. The molecule has 258 valence electrons. The molecule has 0 aliphatic heterocycles. The van der Waals surface area contributed by atoms with Crippen molar-refractivity contribution >= 4 is 17.1 Å². The summed E-state index contributed by atoms with van der Waals surface area (Å²) < 4.78 is 0. The smallest absolute Gasteiger partial charge is 0.0468 e. The van der Waals surface area contributed by atoms with Gasteiger partial charge < -0.3 is 4.90 Å². The molecule has 6 aromatic rings. The summed E-state index contributed by atoms with van der Waals surface area (Å²) in [4.78, 5) is 2.57. The van der Waals surface area contributed by atoms with Gasteiger partial charge in [0.05, 0.1) is 0 Å². The summed E-state index contributed by atoms with van der Waals surface area (Å²) in [5.41, 5.74) is 19.5. The largest absolute Gasteiger partial charge is 0.310 e. The van der Waals surface area contributed by atoms with Crippen LogP contribution in [0.5, 0.6) is 0 Å². The Kier molecular flexibility index (Phi) is 5.69. The molecule has 5 fully saturated rings. The molecule has 6 unspecified atom stereocenters. The molecule has 0 radical (unpaired) electrons. The summed E-state index contributed by atoms with van der Waals surface area (Å²) in [5, 5.41) is 0. The van der Waals surface area contributed by atoms with Crippen molar-refractivity contribution in [2.45, 2.75) is 68.6 Å². The van der Waals surface area contributed by atoms with Gasteiger partial charge in [0.15, 0.2) is 0 Å². The van der Waals surface area contributed by atoms with Crippen molar-refractivity contribution in [3.63, 3.8) is 0 Å². The SMILES string of the molecule is c1ccc(-c2ccc(N(c3ccc4c(c3)-c3ccccc3C43C4CC5CC6CC3C6(C5)C4)c3ccc4c(c3)C3(CCCC3)c3ccccc3-4)cc2)cc1. The Hall–Kier alpha value is -4.88. The first-order chi connectivity index (χ1) is 26.2. The monoisotopic (exact) mass is 683 g/mol. The van der Waals surface area contributed by atoms with E-state index in [9.17, 15) is 0 Å². The van der Waals surface area contributed by atoms with Gasteiger partial charge in [0.1, 0.15) is 0 Å². The lowest BCUT2D eigenvalue weighted by atomic mass is 9.49. The zero-order chi connectivity index (χ0) is 34.5. The van der Waals surface area contributed by atoms with Crippen LogP contribution in [0.1, 0.15) is 80.0 Å². The fourth-order valence-corrected chi connectivity index (χ4v) is 14.6. The van der Waals surface area contributed by atoms with Gasteiger partial charge in [0, 0.05) is 27.9 Å². The summed E-state index contributed by atoms with van der Waals surface area (Å²) in [6.07, 6.45) is 12.5. The van der Waals surface area contributed by atoms with E-state index in [1.54, 1.807) is 16.7 Å². The van der Waals surface area contributed by atoms with E-state index in [-0.39, 0.29) is 10.8 Å². The molecule has 0 aromatic heterocycles. The second-order valence-electron chi connectivity index (χ2n) is 18.1. The minimum absolute atomic E-state index is 0.133. The Morgan fingerprint density at radius 2 is 1.08 bits per heavy atom. The van der Waals surface area contributed by atoms with E-state index in [1.165, 1.54) is 114 Å². The van der Waals surface area contributed by atoms with Gasteiger partial charge in [-0.25, -0.2) is 0 Å². The van der Waals surface area contributed by atoms with Crippen LogP contribution in [0.25, 0.3) is 33.4 Å². The van der Waals surface area contributed by atoms with E-state index >= 15 is 0 Å². The number of hydrogen-bond donors (Lipinski definition) is 0. The topological polar surface area (TPSA) is 3.24 Å². The van der Waals surface area contributed by atoms with E-state index in [0.717, 1.165) is 23.7 Å². The van der Waals surface area contributed by atoms with Gasteiger partial charge in [0.2, 0.25) is 0 Å². The number of rotatable bonds is 4. The van der Waals surface area contributed by atoms with E-state index in [1.807, 2.05) is 0 Å². The fraction of sp³-hybridized carbons (Fsp3) is 0.308. The summed E-state index contributed by atoms with van der Waals surface area (Å²) in [6, 6.07) is 54.2. The third-order valence-corrected chi connectivity index (χ3v) is 16.3. The standard InChI is InChI=1S/C52H45N/c1-2-10-34(11-3-1)35-16-18-38(19-17-35)53(40-20-22-43-41-12-4-6-14-45(41)50(48(43)30-40)24-8-9-25-50)39-21-23-47-44(29-39)42-13-5-7-15-46(42)52(47)37-27-33-26-36-28-49(52)51(36,31-33)32-37/h1-7,10-23,29-30,33,36-37,49H,8-9,24-28,31-32H2. The lowest BCUT2D eigenvalue weighted by Gasteiger charge is -2.54. The molecule has 1 nitrogen and oxygen atoms in total. The molecule has 1 heteroatoms. The van der Waals surface area contributed by atoms with Crippen LogP contribution in [-0.2, 0) is 10.8 Å². The lowest BCUT2D eigenvalue weighted by molar-refractivity contribution is -0.0193. The van der Waals surface area contributed by atoms with Crippen LogP contribution >= 0.6 is 0 Å². The van der Waals surface area contributed by atoms with Crippen LogP contribution in [0, 0.1) is 29.1 Å². The summed E-state index contributed by atoms with van der Waals surface area (Å²) in [6.45, 7) is 0. The maximum absolute atomic E-state index is 2.61. The van der Waals surface area contributed by atoms with Gasteiger partial charge in [-0.05, 0) is 166 Å². The molecule has 6 aromatic carbocycles. The van der Waals surface area contributed by atoms with Crippen molar-refractivity contribution in [3.05, 3.63) is 162 Å².